The predicted octanol–water partition coefficient (Wildman–Crippen LogP) is 2.93. The Morgan fingerprint density at radius 2 is 1.86 bits per heavy atom. The van der Waals surface area contributed by atoms with Crippen molar-refractivity contribution in [2.75, 3.05) is 20.6 Å². The van der Waals surface area contributed by atoms with Gasteiger partial charge in [0.05, 0.1) is 11.6 Å². The number of phenols is 1. The van der Waals surface area contributed by atoms with Crippen molar-refractivity contribution in [3.05, 3.63) is 57.6 Å². The van der Waals surface area contributed by atoms with E-state index in [4.69, 9.17) is 5.73 Å². The van der Waals surface area contributed by atoms with E-state index in [9.17, 15) is 34.8 Å². The number of aromatic hydroxyl groups is 1. The number of amides is 1. The van der Waals surface area contributed by atoms with Gasteiger partial charge in [-0.15, -0.1) is 0 Å². The Morgan fingerprint density at radius 1 is 1.14 bits per heavy atom. The first-order valence-electron chi connectivity index (χ1n) is 14.7. The predicted molar refractivity (Wildman–Crippen MR) is 158 cm³/mol. The van der Waals surface area contributed by atoms with Gasteiger partial charge in [0.25, 0.3) is 5.91 Å². The first-order valence-corrected chi connectivity index (χ1v) is 14.7. The fraction of sp³-hybridized carbons (Fsp3) is 0.469. The smallest absolute Gasteiger partial charge is 0.255 e. The molecule has 0 aliphatic heterocycles. The number of carbonyl (C=O) groups is 3. The summed E-state index contributed by atoms with van der Waals surface area (Å²) in [5.74, 6) is -8.28. The van der Waals surface area contributed by atoms with Crippen LogP contribution in [0, 0.1) is 17.7 Å². The molecule has 0 radical (unpaired) electrons. The topological polar surface area (TPSA) is 173 Å². The number of primary amides is 1. The number of halogens is 1. The summed E-state index contributed by atoms with van der Waals surface area (Å²) in [5.41, 5.74) is 1.96. The molecule has 4 atom stereocenters. The molecule has 43 heavy (non-hydrogen) atoms. The van der Waals surface area contributed by atoms with Crippen LogP contribution in [-0.4, -0.2) is 75.1 Å². The van der Waals surface area contributed by atoms with Crippen LogP contribution in [0.15, 0.2) is 35.1 Å². The normalized spacial score (nSPS) is 25.3. The maximum atomic E-state index is 16.0. The summed E-state index contributed by atoms with van der Waals surface area (Å²) in [7, 11) is 3.04. The van der Waals surface area contributed by atoms with Crippen LogP contribution in [0.5, 0.6) is 5.75 Å². The Kier molecular flexibility index (Phi) is 8.10. The molecular formula is C32H38FN3O7. The van der Waals surface area contributed by atoms with Crippen LogP contribution in [0.3, 0.4) is 0 Å². The molecule has 1 amide bonds. The van der Waals surface area contributed by atoms with E-state index in [1.54, 1.807) is 18.2 Å². The number of fused-ring (bicyclic) bond motifs is 4. The van der Waals surface area contributed by atoms with Gasteiger partial charge in [0.15, 0.2) is 11.4 Å². The zero-order chi connectivity index (χ0) is 31.4. The number of aliphatic hydroxyl groups excluding tert-OH is 2. The van der Waals surface area contributed by atoms with Crippen LogP contribution in [0.1, 0.15) is 55.7 Å². The maximum absolute atomic E-state index is 16.0. The average Bonchev–Trinajstić information content (AvgIpc) is 2.95. The molecule has 10 nitrogen and oxygen atoms in total. The van der Waals surface area contributed by atoms with E-state index in [0.717, 1.165) is 37.8 Å². The quantitative estimate of drug-likeness (QED) is 0.188. The van der Waals surface area contributed by atoms with Gasteiger partial charge in [0.2, 0.25) is 5.78 Å². The first kappa shape index (κ1) is 30.7. The Labute approximate surface area is 248 Å². The van der Waals surface area contributed by atoms with Crippen molar-refractivity contribution in [2.45, 2.75) is 63.6 Å². The Balaban J connectivity index is 1.59. The maximum Gasteiger partial charge on any atom is 0.255 e. The number of rotatable bonds is 9. The highest BCUT2D eigenvalue weighted by atomic mass is 19.1. The van der Waals surface area contributed by atoms with Crippen molar-refractivity contribution in [1.29, 1.82) is 0 Å². The first-order chi connectivity index (χ1) is 20.4. The van der Waals surface area contributed by atoms with Crippen molar-refractivity contribution in [2.24, 2.45) is 17.6 Å². The van der Waals surface area contributed by atoms with Gasteiger partial charge in [0.1, 0.15) is 28.7 Å². The van der Waals surface area contributed by atoms with Gasteiger partial charge in [-0.3, -0.25) is 19.3 Å². The van der Waals surface area contributed by atoms with Crippen molar-refractivity contribution in [3.63, 3.8) is 0 Å². The summed E-state index contributed by atoms with van der Waals surface area (Å²) < 4.78 is 16.0. The van der Waals surface area contributed by atoms with Crippen LogP contribution >= 0.6 is 0 Å². The summed E-state index contributed by atoms with van der Waals surface area (Å²) >= 11 is 0. The number of phenolic OH excluding ortho intramolecular Hbond substituents is 1. The minimum absolute atomic E-state index is 0.0115. The summed E-state index contributed by atoms with van der Waals surface area (Å²) in [6, 6.07) is 3.78. The Morgan fingerprint density at radius 3 is 2.51 bits per heavy atom. The monoisotopic (exact) mass is 595 g/mol. The molecule has 0 heterocycles. The number of aliphatic hydroxyl groups is 3. The summed E-state index contributed by atoms with van der Waals surface area (Å²) in [5, 5.41) is 49.1. The van der Waals surface area contributed by atoms with Gasteiger partial charge in [-0.1, -0.05) is 38.3 Å². The molecule has 0 bridgehead atoms. The number of nitrogens with two attached hydrogens (primary N) is 1. The Bertz CT molecular complexity index is 1600. The van der Waals surface area contributed by atoms with E-state index in [-0.39, 0.29) is 40.3 Å². The fourth-order valence-electron chi connectivity index (χ4n) is 7.13. The third-order valence-electron chi connectivity index (χ3n) is 9.23. The standard InChI is InChI=1S/C32H38FN3O7/c1-4-5-6-7-10-35-14-15-8-9-17-18(11-15)26(37)22-19(24(17)33)12-16-13-20-25(36(2)3)28(39)23(31(34)42)30(41)32(20,43)29(40)21(16)27(22)38/h8-9,11,16,20,25,35,37-38,41,43H,4-7,10,12-14H2,1-3H3,(H2,34,42)/t16-,20-,25-,32-/m0/s1. The van der Waals surface area contributed by atoms with Crippen LogP contribution < -0.4 is 11.1 Å². The van der Waals surface area contributed by atoms with Crippen molar-refractivity contribution in [1.82, 2.24) is 10.2 Å². The molecule has 1 fully saturated rings. The van der Waals surface area contributed by atoms with Crippen LogP contribution in [0.25, 0.3) is 16.5 Å². The molecule has 11 heteroatoms. The summed E-state index contributed by atoms with van der Waals surface area (Å²) in [6.07, 6.45) is 4.22. The third kappa shape index (κ3) is 4.70. The van der Waals surface area contributed by atoms with Crippen LogP contribution in [0.4, 0.5) is 4.39 Å². The van der Waals surface area contributed by atoms with Crippen molar-refractivity contribution < 1.29 is 39.2 Å². The number of unbranched alkanes of at least 4 members (excludes halogenated alkanes) is 3. The number of benzene rings is 2. The highest BCUT2D eigenvalue weighted by Gasteiger charge is 2.64. The lowest BCUT2D eigenvalue weighted by Crippen LogP contribution is -2.65. The molecule has 0 aromatic heterocycles. The van der Waals surface area contributed by atoms with E-state index >= 15 is 4.39 Å². The lowest BCUT2D eigenvalue weighted by molar-refractivity contribution is -0.153. The lowest BCUT2D eigenvalue weighted by atomic mass is 9.57. The molecule has 3 aliphatic carbocycles. The average molecular weight is 596 g/mol. The van der Waals surface area contributed by atoms with Crippen molar-refractivity contribution in [3.8, 4) is 5.75 Å². The van der Waals surface area contributed by atoms with Gasteiger partial charge in [0, 0.05) is 34.4 Å². The number of nitrogens with one attached hydrogen (secondary N) is 1. The molecule has 3 aliphatic rings. The van der Waals surface area contributed by atoms with Crippen molar-refractivity contribution >= 4 is 34.0 Å². The van der Waals surface area contributed by atoms with E-state index in [0.29, 0.717) is 6.54 Å². The second-order valence-corrected chi connectivity index (χ2v) is 12.1. The molecule has 7 N–H and O–H groups in total. The van der Waals surface area contributed by atoms with Gasteiger partial charge < -0.3 is 31.5 Å². The van der Waals surface area contributed by atoms with E-state index in [1.165, 1.54) is 19.0 Å². The number of ketones is 2. The number of carbonyl (C=O) groups excluding carboxylic acids is 3. The van der Waals surface area contributed by atoms with E-state index in [1.807, 2.05) is 0 Å². The lowest BCUT2D eigenvalue weighted by Gasteiger charge is -2.50. The second-order valence-electron chi connectivity index (χ2n) is 12.1. The van der Waals surface area contributed by atoms with Gasteiger partial charge >= 0.3 is 0 Å². The minimum Gasteiger partial charge on any atom is -0.508 e. The number of hydrogen-bond acceptors (Lipinski definition) is 9. The van der Waals surface area contributed by atoms with Gasteiger partial charge in [-0.05, 0) is 57.5 Å². The molecule has 0 unspecified atom stereocenters. The third-order valence-corrected chi connectivity index (χ3v) is 9.23. The number of Topliss-reactive ketones (excluding diaryl/α,β-unsaturated/α-hetero) is 2. The molecule has 2 aromatic carbocycles. The van der Waals surface area contributed by atoms with Crippen LogP contribution in [0.2, 0.25) is 0 Å². The highest BCUT2D eigenvalue weighted by Crippen LogP contribution is 2.53. The Hall–Kier alpha value is -3.80. The largest absolute Gasteiger partial charge is 0.508 e. The summed E-state index contributed by atoms with van der Waals surface area (Å²) in [4.78, 5) is 40.7. The highest BCUT2D eigenvalue weighted by molar-refractivity contribution is 6.24. The molecule has 230 valence electrons. The SMILES string of the molecule is CCCCCCNCc1ccc2c(F)c3c(c(O)c2c1)C(O)=C1C(=O)[C@]2(O)C(O)=C(C(N)=O)C(=O)[C@@H](N(C)C)[C@@H]2C[C@@H]1C3. The van der Waals surface area contributed by atoms with E-state index < -0.39 is 69.6 Å². The molecule has 1 saturated carbocycles. The van der Waals surface area contributed by atoms with Gasteiger partial charge in [-0.2, -0.15) is 0 Å². The molecular weight excluding hydrogens is 557 g/mol. The number of nitrogens with zero attached hydrogens (tertiary/aromatic N) is 1. The molecule has 0 spiro atoms. The molecule has 2 aromatic rings. The van der Waals surface area contributed by atoms with E-state index in [2.05, 4.69) is 12.2 Å². The van der Waals surface area contributed by atoms with Crippen LogP contribution in [-0.2, 0) is 27.3 Å². The molecule has 5 rings (SSSR count). The number of likely N-dealkylation sites (N-methyl/N-ethyl adjacent to an activating group) is 1. The minimum atomic E-state index is -2.74. The molecule has 0 saturated heterocycles. The number of hydrogen-bond donors (Lipinski definition) is 6. The summed E-state index contributed by atoms with van der Waals surface area (Å²) in [6.45, 7) is 3.44. The second kappa shape index (κ2) is 11.4. The zero-order valence-electron chi connectivity index (χ0n) is 24.5. The fourth-order valence-corrected chi connectivity index (χ4v) is 7.13. The zero-order valence-corrected chi connectivity index (χ0v) is 24.5. The van der Waals surface area contributed by atoms with Gasteiger partial charge in [-0.25, -0.2) is 4.39 Å².